The Bertz CT molecular complexity index is 627. The van der Waals surface area contributed by atoms with Gasteiger partial charge in [0.2, 0.25) is 10.0 Å². The molecule has 0 heterocycles. The molecule has 116 valence electrons. The molecule has 21 heavy (non-hydrogen) atoms. The van der Waals surface area contributed by atoms with Crippen LogP contribution >= 0.6 is 0 Å². The fourth-order valence-corrected chi connectivity index (χ4v) is 2.45. The highest BCUT2D eigenvalue weighted by Crippen LogP contribution is 2.17. The van der Waals surface area contributed by atoms with Gasteiger partial charge in [0, 0.05) is 6.04 Å². The zero-order valence-corrected chi connectivity index (χ0v) is 12.6. The van der Waals surface area contributed by atoms with E-state index < -0.39 is 27.7 Å². The van der Waals surface area contributed by atoms with Gasteiger partial charge in [0.15, 0.2) is 5.75 Å². The smallest absolute Gasteiger partial charge is 0.320 e. The molecule has 0 aliphatic carbocycles. The summed E-state index contributed by atoms with van der Waals surface area (Å²) in [6.45, 7) is 3.74. The van der Waals surface area contributed by atoms with Crippen molar-refractivity contribution >= 4 is 27.6 Å². The average Bonchev–Trinajstić information content (AvgIpc) is 2.36. The second kappa shape index (κ2) is 7.07. The van der Waals surface area contributed by atoms with Crippen LogP contribution in [-0.4, -0.2) is 37.2 Å². The number of carboxylic acids is 1. The molecule has 0 aliphatic heterocycles. The van der Waals surface area contributed by atoms with Crippen molar-refractivity contribution in [1.82, 2.24) is 5.32 Å². The van der Waals surface area contributed by atoms with Crippen LogP contribution in [-0.2, 0) is 14.8 Å². The number of para-hydroxylation sites is 1. The summed E-state index contributed by atoms with van der Waals surface area (Å²) in [6, 6.07) is 5.97. The van der Waals surface area contributed by atoms with Crippen LogP contribution in [0.5, 0.6) is 0 Å². The maximum Gasteiger partial charge on any atom is 0.320 e. The van der Waals surface area contributed by atoms with E-state index in [0.717, 1.165) is 6.42 Å². The van der Waals surface area contributed by atoms with Crippen molar-refractivity contribution in [2.24, 2.45) is 0 Å². The van der Waals surface area contributed by atoms with Gasteiger partial charge in [-0.3, -0.25) is 14.3 Å². The van der Waals surface area contributed by atoms with Crippen LogP contribution in [0.3, 0.4) is 0 Å². The Balaban J connectivity index is 2.99. The molecule has 1 aromatic rings. The molecular weight excluding hydrogens is 296 g/mol. The zero-order valence-electron chi connectivity index (χ0n) is 11.8. The van der Waals surface area contributed by atoms with E-state index in [-0.39, 0.29) is 17.3 Å². The zero-order chi connectivity index (χ0) is 16.0. The Hall–Kier alpha value is -2.09. The topological polar surface area (TPSA) is 113 Å². The van der Waals surface area contributed by atoms with Gasteiger partial charge in [-0.15, -0.1) is 0 Å². The first-order valence-electron chi connectivity index (χ1n) is 6.37. The van der Waals surface area contributed by atoms with E-state index in [9.17, 15) is 18.0 Å². The number of sulfonamides is 1. The van der Waals surface area contributed by atoms with Crippen LogP contribution < -0.4 is 10.0 Å². The van der Waals surface area contributed by atoms with Crippen molar-refractivity contribution in [3.8, 4) is 0 Å². The first-order valence-corrected chi connectivity index (χ1v) is 8.02. The fraction of sp³-hybridized carbons (Fsp3) is 0.385. The SMILES string of the molecule is CCC(C)NC(=O)c1ccccc1NS(=O)(=O)CC(=O)O. The van der Waals surface area contributed by atoms with Crippen LogP contribution in [0.15, 0.2) is 24.3 Å². The third-order valence-electron chi connectivity index (χ3n) is 2.74. The van der Waals surface area contributed by atoms with E-state index >= 15 is 0 Å². The molecule has 1 rings (SSSR count). The van der Waals surface area contributed by atoms with Gasteiger partial charge in [0.1, 0.15) is 0 Å². The Morgan fingerprint density at radius 3 is 2.48 bits per heavy atom. The molecule has 8 heteroatoms. The predicted octanol–water partition coefficient (Wildman–Crippen LogP) is 1.04. The fourth-order valence-electron chi connectivity index (χ4n) is 1.54. The van der Waals surface area contributed by atoms with Gasteiger partial charge in [-0.05, 0) is 25.5 Å². The number of benzene rings is 1. The number of carbonyl (C=O) groups is 2. The maximum atomic E-state index is 12.1. The molecule has 1 amide bonds. The summed E-state index contributed by atoms with van der Waals surface area (Å²) < 4.78 is 25.4. The monoisotopic (exact) mass is 314 g/mol. The minimum absolute atomic E-state index is 0.0545. The van der Waals surface area contributed by atoms with Crippen LogP contribution in [0.1, 0.15) is 30.6 Å². The number of amides is 1. The normalized spacial score (nSPS) is 12.5. The molecule has 1 aromatic carbocycles. The lowest BCUT2D eigenvalue weighted by Gasteiger charge is -2.14. The lowest BCUT2D eigenvalue weighted by Crippen LogP contribution is -2.33. The highest BCUT2D eigenvalue weighted by molar-refractivity contribution is 7.93. The van der Waals surface area contributed by atoms with E-state index in [4.69, 9.17) is 5.11 Å². The van der Waals surface area contributed by atoms with Gasteiger partial charge in [-0.2, -0.15) is 0 Å². The van der Waals surface area contributed by atoms with Crippen molar-refractivity contribution in [1.29, 1.82) is 0 Å². The number of nitrogens with one attached hydrogen (secondary N) is 2. The Kier molecular flexibility index (Phi) is 5.71. The Morgan fingerprint density at radius 1 is 1.29 bits per heavy atom. The van der Waals surface area contributed by atoms with Gasteiger partial charge in [0.25, 0.3) is 5.91 Å². The van der Waals surface area contributed by atoms with Crippen LogP contribution in [0.4, 0.5) is 5.69 Å². The molecule has 3 N–H and O–H groups in total. The number of rotatable bonds is 7. The number of hydrogen-bond acceptors (Lipinski definition) is 4. The van der Waals surface area contributed by atoms with E-state index in [2.05, 4.69) is 10.0 Å². The molecule has 0 bridgehead atoms. The summed E-state index contributed by atoms with van der Waals surface area (Å²) in [7, 11) is -4.05. The number of hydrogen-bond donors (Lipinski definition) is 3. The molecule has 7 nitrogen and oxygen atoms in total. The lowest BCUT2D eigenvalue weighted by molar-refractivity contribution is -0.134. The van der Waals surface area contributed by atoms with Crippen molar-refractivity contribution < 1.29 is 23.1 Å². The Morgan fingerprint density at radius 2 is 1.90 bits per heavy atom. The van der Waals surface area contributed by atoms with Crippen LogP contribution in [0.25, 0.3) is 0 Å². The molecule has 0 aromatic heterocycles. The maximum absolute atomic E-state index is 12.1. The van der Waals surface area contributed by atoms with Crippen LogP contribution in [0.2, 0.25) is 0 Å². The van der Waals surface area contributed by atoms with E-state index in [1.165, 1.54) is 12.1 Å². The van der Waals surface area contributed by atoms with Gasteiger partial charge < -0.3 is 10.4 Å². The summed E-state index contributed by atoms with van der Waals surface area (Å²) in [5.74, 6) is -2.95. The summed E-state index contributed by atoms with van der Waals surface area (Å²) in [5, 5.41) is 11.3. The Labute approximate surface area is 123 Å². The van der Waals surface area contributed by atoms with Crippen molar-refractivity contribution in [3.05, 3.63) is 29.8 Å². The summed E-state index contributed by atoms with van der Waals surface area (Å²) in [6.07, 6.45) is 0.735. The van der Waals surface area contributed by atoms with Gasteiger partial charge in [-0.1, -0.05) is 19.1 Å². The molecule has 0 spiro atoms. The number of carbonyl (C=O) groups excluding carboxylic acids is 1. The lowest BCUT2D eigenvalue weighted by atomic mass is 10.1. The third-order valence-corrected chi connectivity index (χ3v) is 3.90. The highest BCUT2D eigenvalue weighted by atomic mass is 32.2. The van der Waals surface area contributed by atoms with E-state index in [0.29, 0.717) is 0 Å². The van der Waals surface area contributed by atoms with Crippen molar-refractivity contribution in [2.75, 3.05) is 10.5 Å². The minimum Gasteiger partial charge on any atom is -0.480 e. The van der Waals surface area contributed by atoms with Gasteiger partial charge in [-0.25, -0.2) is 8.42 Å². The summed E-state index contributed by atoms with van der Waals surface area (Å²) in [4.78, 5) is 22.6. The summed E-state index contributed by atoms with van der Waals surface area (Å²) >= 11 is 0. The number of aliphatic carboxylic acids is 1. The molecule has 0 radical (unpaired) electrons. The highest BCUT2D eigenvalue weighted by Gasteiger charge is 2.19. The number of carboxylic acid groups (broad SMARTS) is 1. The number of anilines is 1. The molecular formula is C13H18N2O5S. The molecule has 0 aliphatic rings. The standard InChI is InChI=1S/C13H18N2O5S/c1-3-9(2)14-13(18)10-6-4-5-7-11(10)15-21(19,20)8-12(16)17/h4-7,9,15H,3,8H2,1-2H3,(H,14,18)(H,16,17). The molecule has 0 fully saturated rings. The van der Waals surface area contributed by atoms with Crippen molar-refractivity contribution in [2.45, 2.75) is 26.3 Å². The minimum atomic E-state index is -4.05. The quantitative estimate of drug-likeness (QED) is 0.696. The van der Waals surface area contributed by atoms with Crippen molar-refractivity contribution in [3.63, 3.8) is 0 Å². The molecule has 1 unspecified atom stereocenters. The first-order chi connectivity index (χ1) is 9.75. The average molecular weight is 314 g/mol. The first kappa shape index (κ1) is 17.0. The third kappa shape index (κ3) is 5.42. The van der Waals surface area contributed by atoms with E-state index in [1.807, 2.05) is 13.8 Å². The molecule has 0 saturated heterocycles. The second-order valence-corrected chi connectivity index (χ2v) is 6.31. The van der Waals surface area contributed by atoms with E-state index in [1.54, 1.807) is 12.1 Å². The summed E-state index contributed by atoms with van der Waals surface area (Å²) in [5.41, 5.74) is 0.200. The van der Waals surface area contributed by atoms with Gasteiger partial charge >= 0.3 is 5.97 Å². The second-order valence-electron chi connectivity index (χ2n) is 4.58. The molecule has 1 atom stereocenters. The largest absolute Gasteiger partial charge is 0.480 e. The molecule has 0 saturated carbocycles. The predicted molar refractivity (Wildman–Crippen MR) is 78.7 cm³/mol. The van der Waals surface area contributed by atoms with Gasteiger partial charge in [0.05, 0.1) is 11.3 Å². The van der Waals surface area contributed by atoms with Crippen LogP contribution in [0, 0.1) is 0 Å².